The molecule has 2 aromatic rings. The molecule has 1 aromatic carbocycles. The van der Waals surface area contributed by atoms with E-state index < -0.39 is 0 Å². The normalized spacial score (nSPS) is 10.5. The van der Waals surface area contributed by atoms with Crippen molar-refractivity contribution in [3.63, 3.8) is 0 Å². The fourth-order valence-electron chi connectivity index (χ4n) is 1.88. The lowest BCUT2D eigenvalue weighted by molar-refractivity contribution is 0.695. The summed E-state index contributed by atoms with van der Waals surface area (Å²) in [5.41, 5.74) is 9.17. The molecule has 0 saturated heterocycles. The molecule has 0 saturated carbocycles. The van der Waals surface area contributed by atoms with Gasteiger partial charge in [-0.1, -0.05) is 18.2 Å². The van der Waals surface area contributed by atoms with Crippen LogP contribution < -0.4 is 10.6 Å². The van der Waals surface area contributed by atoms with Gasteiger partial charge in [-0.2, -0.15) is 5.10 Å². The number of nitrogens with zero attached hydrogens (tertiary/aromatic N) is 3. The highest BCUT2D eigenvalue weighted by molar-refractivity contribution is 5.45. The maximum Gasteiger partial charge on any atom is 0.0618 e. The van der Waals surface area contributed by atoms with Crippen molar-refractivity contribution in [2.24, 2.45) is 12.8 Å². The van der Waals surface area contributed by atoms with Gasteiger partial charge < -0.3 is 10.6 Å². The quantitative estimate of drug-likeness (QED) is 0.866. The fourth-order valence-corrected chi connectivity index (χ4v) is 1.88. The first-order valence-electron chi connectivity index (χ1n) is 5.68. The lowest BCUT2D eigenvalue weighted by atomic mass is 10.2. The van der Waals surface area contributed by atoms with Gasteiger partial charge in [-0.15, -0.1) is 0 Å². The largest absolute Gasteiger partial charge is 0.369 e. The predicted octanol–water partition coefficient (Wildman–Crippen LogP) is 1.52. The Hall–Kier alpha value is -1.81. The molecule has 2 rings (SSSR count). The number of aromatic nitrogens is 2. The van der Waals surface area contributed by atoms with Gasteiger partial charge in [0, 0.05) is 31.9 Å². The summed E-state index contributed by atoms with van der Waals surface area (Å²) in [6, 6.07) is 10.3. The molecule has 0 unspecified atom stereocenters. The van der Waals surface area contributed by atoms with Gasteiger partial charge in [-0.25, -0.2) is 0 Å². The second kappa shape index (κ2) is 5.01. The average Bonchev–Trinajstić information content (AvgIpc) is 2.71. The first-order valence-corrected chi connectivity index (χ1v) is 5.68. The maximum atomic E-state index is 5.71. The van der Waals surface area contributed by atoms with E-state index in [4.69, 9.17) is 5.73 Å². The molecule has 17 heavy (non-hydrogen) atoms. The van der Waals surface area contributed by atoms with Gasteiger partial charge in [-0.3, -0.25) is 4.68 Å². The van der Waals surface area contributed by atoms with E-state index >= 15 is 0 Å². The molecule has 1 heterocycles. The summed E-state index contributed by atoms with van der Waals surface area (Å²) < 4.78 is 1.89. The summed E-state index contributed by atoms with van der Waals surface area (Å²) in [4.78, 5) is 2.19. The first-order chi connectivity index (χ1) is 8.22. The molecule has 0 spiro atoms. The Labute approximate surface area is 102 Å². The number of aryl methyl sites for hydroxylation is 1. The molecule has 2 N–H and O–H groups in total. The summed E-state index contributed by atoms with van der Waals surface area (Å²) in [6.07, 6.45) is 1.84. The third-order valence-corrected chi connectivity index (χ3v) is 2.95. The monoisotopic (exact) mass is 230 g/mol. The number of rotatable bonds is 4. The minimum Gasteiger partial charge on any atom is -0.369 e. The van der Waals surface area contributed by atoms with Crippen LogP contribution in [0, 0.1) is 0 Å². The molecule has 0 aliphatic rings. The number of nitrogens with two attached hydrogens (primary N) is 1. The van der Waals surface area contributed by atoms with E-state index in [9.17, 15) is 0 Å². The minimum atomic E-state index is 0.534. The zero-order chi connectivity index (χ0) is 12.3. The molecule has 4 heteroatoms. The highest BCUT2D eigenvalue weighted by atomic mass is 15.3. The molecule has 0 amide bonds. The number of hydrogen-bond donors (Lipinski definition) is 1. The molecule has 0 aliphatic heterocycles. The van der Waals surface area contributed by atoms with Gasteiger partial charge in [0.2, 0.25) is 0 Å². The number of anilines is 1. The maximum absolute atomic E-state index is 5.71. The van der Waals surface area contributed by atoms with E-state index in [-0.39, 0.29) is 0 Å². The highest BCUT2D eigenvalue weighted by Gasteiger charge is 2.10. The lowest BCUT2D eigenvalue weighted by Crippen LogP contribution is -2.20. The Morgan fingerprint density at radius 3 is 2.65 bits per heavy atom. The minimum absolute atomic E-state index is 0.534. The van der Waals surface area contributed by atoms with Crippen LogP contribution in [0.4, 0.5) is 5.69 Å². The van der Waals surface area contributed by atoms with Gasteiger partial charge >= 0.3 is 0 Å². The first kappa shape index (κ1) is 11.7. The number of hydrogen-bond acceptors (Lipinski definition) is 3. The molecule has 0 radical (unpaired) electrons. The van der Waals surface area contributed by atoms with E-state index in [2.05, 4.69) is 29.2 Å². The standard InChI is InChI=1S/C13H18N4/c1-16(12-6-4-3-5-7-12)10-13-11(8-14)9-15-17(13)2/h3-7,9H,8,10,14H2,1-2H3. The zero-order valence-corrected chi connectivity index (χ0v) is 10.3. The Kier molecular flexibility index (Phi) is 3.44. The Balaban J connectivity index is 2.18. The van der Waals surface area contributed by atoms with Crippen LogP contribution in [0.3, 0.4) is 0 Å². The summed E-state index contributed by atoms with van der Waals surface area (Å²) in [5.74, 6) is 0. The summed E-state index contributed by atoms with van der Waals surface area (Å²) in [6.45, 7) is 1.35. The fraction of sp³-hybridized carbons (Fsp3) is 0.308. The van der Waals surface area contributed by atoms with E-state index in [0.29, 0.717) is 6.54 Å². The SMILES string of the molecule is CN(Cc1c(CN)cnn1C)c1ccccc1. The van der Waals surface area contributed by atoms with Crippen molar-refractivity contribution in [1.29, 1.82) is 0 Å². The third-order valence-electron chi connectivity index (χ3n) is 2.95. The highest BCUT2D eigenvalue weighted by Crippen LogP contribution is 2.16. The summed E-state index contributed by atoms with van der Waals surface area (Å²) in [7, 11) is 4.02. The molecule has 90 valence electrons. The van der Waals surface area contributed by atoms with E-state index in [1.807, 2.05) is 36.1 Å². The topological polar surface area (TPSA) is 47.1 Å². The van der Waals surface area contributed by atoms with Crippen LogP contribution in [0.15, 0.2) is 36.5 Å². The molecular weight excluding hydrogens is 212 g/mol. The summed E-state index contributed by atoms with van der Waals surface area (Å²) >= 11 is 0. The second-order valence-electron chi connectivity index (χ2n) is 4.14. The number of para-hydroxylation sites is 1. The van der Waals surface area contributed by atoms with Crippen molar-refractivity contribution < 1.29 is 0 Å². The Bertz CT molecular complexity index is 475. The van der Waals surface area contributed by atoms with E-state index in [1.54, 1.807) is 0 Å². The molecular formula is C13H18N4. The van der Waals surface area contributed by atoms with Crippen molar-refractivity contribution in [2.75, 3.05) is 11.9 Å². The van der Waals surface area contributed by atoms with Gasteiger partial charge in [0.15, 0.2) is 0 Å². The Morgan fingerprint density at radius 2 is 2.00 bits per heavy atom. The molecule has 4 nitrogen and oxygen atoms in total. The van der Waals surface area contributed by atoms with Crippen LogP contribution in [0.5, 0.6) is 0 Å². The third kappa shape index (κ3) is 2.47. The van der Waals surface area contributed by atoms with Crippen LogP contribution >= 0.6 is 0 Å². The predicted molar refractivity (Wildman–Crippen MR) is 69.6 cm³/mol. The van der Waals surface area contributed by atoms with Crippen molar-refractivity contribution in [3.8, 4) is 0 Å². The van der Waals surface area contributed by atoms with Gasteiger partial charge in [0.1, 0.15) is 0 Å². The molecule has 0 fully saturated rings. The van der Waals surface area contributed by atoms with Crippen LogP contribution in [0.25, 0.3) is 0 Å². The smallest absolute Gasteiger partial charge is 0.0618 e. The summed E-state index contributed by atoms with van der Waals surface area (Å²) in [5, 5.41) is 4.24. The van der Waals surface area contributed by atoms with E-state index in [0.717, 1.165) is 12.1 Å². The van der Waals surface area contributed by atoms with Crippen molar-refractivity contribution in [1.82, 2.24) is 9.78 Å². The Morgan fingerprint density at radius 1 is 1.29 bits per heavy atom. The van der Waals surface area contributed by atoms with Gasteiger partial charge in [-0.05, 0) is 12.1 Å². The van der Waals surface area contributed by atoms with Crippen molar-refractivity contribution in [3.05, 3.63) is 47.8 Å². The zero-order valence-electron chi connectivity index (χ0n) is 10.3. The lowest BCUT2D eigenvalue weighted by Gasteiger charge is -2.20. The number of benzene rings is 1. The average molecular weight is 230 g/mol. The molecule has 0 bridgehead atoms. The van der Waals surface area contributed by atoms with Gasteiger partial charge in [0.05, 0.1) is 18.4 Å². The molecule has 0 aliphatic carbocycles. The second-order valence-corrected chi connectivity index (χ2v) is 4.14. The van der Waals surface area contributed by atoms with E-state index in [1.165, 1.54) is 11.4 Å². The van der Waals surface area contributed by atoms with Crippen LogP contribution in [0.2, 0.25) is 0 Å². The van der Waals surface area contributed by atoms with Crippen molar-refractivity contribution >= 4 is 5.69 Å². The van der Waals surface area contributed by atoms with Crippen LogP contribution in [-0.2, 0) is 20.1 Å². The van der Waals surface area contributed by atoms with Gasteiger partial charge in [0.25, 0.3) is 0 Å². The van der Waals surface area contributed by atoms with Crippen LogP contribution in [0.1, 0.15) is 11.3 Å². The molecule has 0 atom stereocenters. The molecule has 1 aromatic heterocycles. The van der Waals surface area contributed by atoms with Crippen LogP contribution in [-0.4, -0.2) is 16.8 Å². The van der Waals surface area contributed by atoms with Crippen molar-refractivity contribution in [2.45, 2.75) is 13.1 Å².